The predicted molar refractivity (Wildman–Crippen MR) is 97.9 cm³/mol. The van der Waals surface area contributed by atoms with Crippen LogP contribution in [0.5, 0.6) is 0 Å². The Bertz CT molecular complexity index is 723. The van der Waals surface area contributed by atoms with Gasteiger partial charge in [-0.3, -0.25) is 4.79 Å². The van der Waals surface area contributed by atoms with Crippen LogP contribution in [0.1, 0.15) is 43.0 Å². The Labute approximate surface area is 160 Å². The normalized spacial score (nSPS) is 10.4. The van der Waals surface area contributed by atoms with Gasteiger partial charge in [-0.25, -0.2) is 0 Å². The van der Waals surface area contributed by atoms with Crippen molar-refractivity contribution < 1.29 is 14.7 Å². The number of carbonyl (C=O) groups excluding carboxylic acids is 1. The molecule has 24 heavy (non-hydrogen) atoms. The van der Waals surface area contributed by atoms with Gasteiger partial charge in [-0.05, 0) is 0 Å². The molecule has 1 aromatic heterocycles. The fourth-order valence-electron chi connectivity index (χ4n) is 3.06. The Morgan fingerprint density at radius 2 is 2.00 bits per heavy atom. The molecular weight excluding hydrogens is 315 g/mol. The zero-order valence-electron chi connectivity index (χ0n) is 15.1. The molecule has 0 spiro atoms. The van der Waals surface area contributed by atoms with E-state index >= 15 is 0 Å². The molecule has 0 fully saturated rings. The monoisotopic (exact) mass is 340 g/mol. The number of nitrogens with zero attached hydrogens (tertiary/aromatic N) is 1. The first-order chi connectivity index (χ1) is 11.4. The molecule has 126 valence electrons. The molecule has 0 atom stereocenters. The topological polar surface area (TPSA) is 85.3 Å². The van der Waals surface area contributed by atoms with Crippen molar-refractivity contribution in [3.05, 3.63) is 29.0 Å². The largest absolute Gasteiger partial charge is 0.483 e. The van der Waals surface area contributed by atoms with Crippen molar-refractivity contribution in [1.29, 1.82) is 0 Å². The maximum absolute atomic E-state index is 11.5. The molecule has 1 aromatic carbocycles. The van der Waals surface area contributed by atoms with E-state index in [1.807, 2.05) is 0 Å². The number of carboxylic acid groups (broad SMARTS) is 1. The summed E-state index contributed by atoms with van der Waals surface area (Å²) in [7, 11) is 2.12. The summed E-state index contributed by atoms with van der Waals surface area (Å²) in [5.74, 6) is -0.244. The molecule has 5 nitrogen and oxygen atoms in total. The molecule has 2 aromatic rings. The van der Waals surface area contributed by atoms with Gasteiger partial charge in [0.05, 0.1) is 0 Å². The average molecular weight is 340 g/mol. The van der Waals surface area contributed by atoms with Crippen LogP contribution in [-0.4, -0.2) is 50.0 Å². The van der Waals surface area contributed by atoms with Crippen molar-refractivity contribution in [3.8, 4) is 0 Å². The third-order valence-electron chi connectivity index (χ3n) is 4.42. The zero-order chi connectivity index (χ0) is 18.3. The summed E-state index contributed by atoms with van der Waals surface area (Å²) in [6.07, 6.45) is 4.97. The summed E-state index contributed by atoms with van der Waals surface area (Å²) in [4.78, 5) is 19.8. The molecule has 1 heterocycles. The van der Waals surface area contributed by atoms with Crippen LogP contribution < -0.4 is 8.55 Å². The Morgan fingerprint density at radius 3 is 2.54 bits per heavy atom. The van der Waals surface area contributed by atoms with Gasteiger partial charge in [-0.15, -0.1) is 0 Å². The first-order valence-electron chi connectivity index (χ1n) is 8.30. The van der Waals surface area contributed by atoms with E-state index < -0.39 is 0 Å². The second kappa shape index (κ2) is 9.87. The van der Waals surface area contributed by atoms with Gasteiger partial charge in [0.15, 0.2) is 0 Å². The first-order valence-corrected chi connectivity index (χ1v) is 9.30. The van der Waals surface area contributed by atoms with E-state index in [0.717, 1.165) is 39.9 Å². The number of unbranched alkanes of at least 4 members (excludes halogenated alkanes) is 2. The summed E-state index contributed by atoms with van der Waals surface area (Å²) in [6.45, 7) is 4.11. The second-order valence-electron chi connectivity index (χ2n) is 6.14. The molecule has 1 amide bonds. The summed E-state index contributed by atoms with van der Waals surface area (Å²) in [6, 6.07) is 4.52. The Hall–Kier alpha value is -1.30. The minimum atomic E-state index is -0.250. The van der Waals surface area contributed by atoms with Crippen molar-refractivity contribution in [2.75, 3.05) is 0 Å². The van der Waals surface area contributed by atoms with Gasteiger partial charge in [-0.1, -0.05) is 0 Å². The molecule has 0 aliphatic carbocycles. The third-order valence-corrected chi connectivity index (χ3v) is 5.50. The fraction of sp³-hybridized carbons (Fsp3) is 0.444. The van der Waals surface area contributed by atoms with Crippen molar-refractivity contribution in [3.63, 3.8) is 0 Å². The summed E-state index contributed by atoms with van der Waals surface area (Å²) in [5, 5.41) is 8.10. The average Bonchev–Trinajstić information content (AvgIpc) is 2.74. The molecule has 0 saturated carbocycles. The molecule has 2 rings (SSSR count). The number of hydrogen-bond donors (Lipinski definition) is 2. The van der Waals surface area contributed by atoms with Gasteiger partial charge in [0, 0.05) is 0 Å². The SMILES string of the molecule is CCCCCc1c(CC(N)=O)c2cc(C)[c]([Na])cc2n1C.O=CO. The van der Waals surface area contributed by atoms with E-state index in [1.165, 1.54) is 44.2 Å². The number of fused-ring (bicyclic) bond motifs is 1. The van der Waals surface area contributed by atoms with Crippen molar-refractivity contribution >= 4 is 54.0 Å². The molecule has 0 saturated heterocycles. The van der Waals surface area contributed by atoms with E-state index in [4.69, 9.17) is 15.6 Å². The van der Waals surface area contributed by atoms with Gasteiger partial charge in [0.25, 0.3) is 6.47 Å². The number of nitrogens with two attached hydrogens (primary N) is 1. The van der Waals surface area contributed by atoms with E-state index in [0.29, 0.717) is 6.42 Å². The maximum atomic E-state index is 11.5. The third kappa shape index (κ3) is 5.10. The van der Waals surface area contributed by atoms with E-state index in [1.54, 1.807) is 0 Å². The van der Waals surface area contributed by atoms with Crippen LogP contribution in [0.15, 0.2) is 12.1 Å². The summed E-state index contributed by atoms with van der Waals surface area (Å²) in [5.41, 5.74) is 10.5. The smallest absolute Gasteiger partial charge is 0.290 e. The number of hydrogen-bond acceptors (Lipinski definition) is 2. The molecule has 0 aliphatic heterocycles. The standard InChI is InChI=1S/C17H23N2O.CH2O2.Na/c1-4-5-6-7-15-14(11-17(18)20)13-10-12(2)8-9-16(13)19(15)3;2-1-3;/h9-10H,4-7,11H2,1-3H3,(H2,18,20);1H,(H,2,3);. The van der Waals surface area contributed by atoms with Crippen molar-refractivity contribution in [1.82, 2.24) is 4.57 Å². The van der Waals surface area contributed by atoms with Gasteiger partial charge >= 0.3 is 145 Å². The molecule has 0 aliphatic rings. The molecule has 0 unspecified atom stereocenters. The fourth-order valence-corrected chi connectivity index (χ4v) is 3.47. The summed E-state index contributed by atoms with van der Waals surface area (Å²) < 4.78 is 3.69. The van der Waals surface area contributed by atoms with Crippen LogP contribution in [0, 0.1) is 6.92 Å². The Morgan fingerprint density at radius 1 is 1.38 bits per heavy atom. The Kier molecular flexibility index (Phi) is 8.53. The summed E-state index contributed by atoms with van der Waals surface area (Å²) >= 11 is 1.05. The maximum Gasteiger partial charge on any atom is 0.290 e. The van der Waals surface area contributed by atoms with E-state index in [9.17, 15) is 4.79 Å². The van der Waals surface area contributed by atoms with Gasteiger partial charge in [0.2, 0.25) is 0 Å². The Balaban J connectivity index is 0.000000891. The van der Waals surface area contributed by atoms with Gasteiger partial charge in [0.1, 0.15) is 0 Å². The molecular formula is C18H25N2NaO3. The molecule has 6 heteroatoms. The number of primary amides is 1. The van der Waals surface area contributed by atoms with Crippen LogP contribution in [0.2, 0.25) is 0 Å². The first kappa shape index (κ1) is 20.7. The van der Waals surface area contributed by atoms with Crippen molar-refractivity contribution in [2.45, 2.75) is 46.0 Å². The van der Waals surface area contributed by atoms with E-state index in [-0.39, 0.29) is 12.4 Å². The van der Waals surface area contributed by atoms with Crippen LogP contribution in [0.3, 0.4) is 0 Å². The molecule has 0 bridgehead atoms. The van der Waals surface area contributed by atoms with Crippen LogP contribution in [0.4, 0.5) is 0 Å². The quantitative estimate of drug-likeness (QED) is 0.477. The van der Waals surface area contributed by atoms with E-state index in [2.05, 4.69) is 37.6 Å². The van der Waals surface area contributed by atoms with Crippen LogP contribution >= 0.6 is 0 Å². The van der Waals surface area contributed by atoms with Crippen LogP contribution in [-0.2, 0) is 29.5 Å². The van der Waals surface area contributed by atoms with Crippen molar-refractivity contribution in [2.24, 2.45) is 12.8 Å². The number of aryl methyl sites for hydroxylation is 2. The number of rotatable bonds is 6. The van der Waals surface area contributed by atoms with Gasteiger partial charge in [-0.2, -0.15) is 0 Å². The van der Waals surface area contributed by atoms with Gasteiger partial charge < -0.3 is 5.11 Å². The van der Waals surface area contributed by atoms with Crippen LogP contribution in [0.25, 0.3) is 10.9 Å². The number of aromatic nitrogens is 1. The minimum Gasteiger partial charge on any atom is -0.483 e. The second-order valence-corrected chi connectivity index (χ2v) is 7.22. The number of benzene rings is 1. The predicted octanol–water partition coefficient (Wildman–Crippen LogP) is 1.74. The number of amides is 1. The molecule has 3 N–H and O–H groups in total. The number of carbonyl (C=O) groups is 2. The minimum absolute atomic E-state index is 0.244. The zero-order valence-corrected chi connectivity index (χ0v) is 17.1. The molecule has 0 radical (unpaired) electrons.